The molecule has 1 aromatic carbocycles. The molecule has 1 aliphatic heterocycles. The molecule has 0 radical (unpaired) electrons. The second kappa shape index (κ2) is 11.8. The highest BCUT2D eigenvalue weighted by atomic mass is 35.5. The van der Waals surface area contributed by atoms with E-state index in [0.29, 0.717) is 18.3 Å². The van der Waals surface area contributed by atoms with Crippen LogP contribution in [0, 0.1) is 6.92 Å². The maximum absolute atomic E-state index is 12.0. The van der Waals surface area contributed by atoms with Crippen LogP contribution >= 0.6 is 11.6 Å². The number of aliphatic imine (C=N–C) groups is 1. The summed E-state index contributed by atoms with van der Waals surface area (Å²) in [5, 5.41) is 10.5. The lowest BCUT2D eigenvalue weighted by Crippen LogP contribution is -2.48. The summed E-state index contributed by atoms with van der Waals surface area (Å²) in [5.41, 5.74) is 2.14. The number of carbonyl (C=O) groups is 1. The van der Waals surface area contributed by atoms with Crippen molar-refractivity contribution in [2.24, 2.45) is 4.99 Å². The molecule has 0 spiro atoms. The molecule has 1 amide bonds. The van der Waals surface area contributed by atoms with E-state index < -0.39 is 0 Å². The summed E-state index contributed by atoms with van der Waals surface area (Å²) in [6.45, 7) is 6.22. The number of hydrogen-bond acceptors (Lipinski definition) is 4. The van der Waals surface area contributed by atoms with Crippen LogP contribution in [-0.4, -0.2) is 56.0 Å². The van der Waals surface area contributed by atoms with Crippen LogP contribution in [0.4, 0.5) is 0 Å². The zero-order valence-electron chi connectivity index (χ0n) is 18.3. The van der Waals surface area contributed by atoms with E-state index in [0.717, 1.165) is 62.0 Å². The van der Waals surface area contributed by atoms with Crippen molar-refractivity contribution in [3.05, 3.63) is 58.5 Å². The topological polar surface area (TPSA) is 81.9 Å². The number of amides is 1. The third kappa shape index (κ3) is 7.29. The van der Waals surface area contributed by atoms with E-state index >= 15 is 0 Å². The van der Waals surface area contributed by atoms with Gasteiger partial charge in [-0.05, 0) is 49.9 Å². The summed E-state index contributed by atoms with van der Waals surface area (Å²) in [6.07, 6.45) is 4.48. The van der Waals surface area contributed by atoms with Crippen LogP contribution in [0.1, 0.15) is 40.9 Å². The average Bonchev–Trinajstić information content (AvgIpc) is 3.21. The number of aryl methyl sites for hydroxylation is 1. The van der Waals surface area contributed by atoms with Crippen molar-refractivity contribution in [3.8, 4) is 0 Å². The molecule has 2 aromatic rings. The molecule has 1 fully saturated rings. The largest absolute Gasteiger partial charge is 0.459 e. The first-order valence-corrected chi connectivity index (χ1v) is 11.2. The van der Waals surface area contributed by atoms with Crippen molar-refractivity contribution in [2.75, 3.05) is 33.2 Å². The summed E-state index contributed by atoms with van der Waals surface area (Å²) in [7, 11) is 1.78. The highest BCUT2D eigenvalue weighted by Crippen LogP contribution is 2.16. The van der Waals surface area contributed by atoms with Crippen LogP contribution < -0.4 is 16.0 Å². The molecule has 3 N–H and O–H groups in total. The lowest BCUT2D eigenvalue weighted by atomic mass is 10.0. The van der Waals surface area contributed by atoms with Gasteiger partial charge in [0.15, 0.2) is 11.7 Å². The van der Waals surface area contributed by atoms with Crippen molar-refractivity contribution in [1.29, 1.82) is 0 Å². The quantitative estimate of drug-likeness (QED) is 0.330. The number of nitrogens with zero attached hydrogens (tertiary/aromatic N) is 2. The number of rotatable bonds is 8. The van der Waals surface area contributed by atoms with Gasteiger partial charge in [0.05, 0.1) is 6.26 Å². The Morgan fingerprint density at radius 3 is 2.52 bits per heavy atom. The predicted octanol–water partition coefficient (Wildman–Crippen LogP) is 3.19. The molecule has 1 saturated heterocycles. The fraction of sp³-hybridized carbons (Fsp3) is 0.478. The second-order valence-electron chi connectivity index (χ2n) is 7.86. The number of furan rings is 1. The molecule has 1 aliphatic rings. The van der Waals surface area contributed by atoms with E-state index in [1.807, 2.05) is 19.1 Å². The van der Waals surface area contributed by atoms with Gasteiger partial charge in [-0.1, -0.05) is 23.7 Å². The van der Waals surface area contributed by atoms with Gasteiger partial charge in [0.2, 0.25) is 0 Å². The van der Waals surface area contributed by atoms with Gasteiger partial charge < -0.3 is 20.4 Å². The maximum Gasteiger partial charge on any atom is 0.287 e. The Labute approximate surface area is 189 Å². The minimum absolute atomic E-state index is 0.171. The van der Waals surface area contributed by atoms with Gasteiger partial charge >= 0.3 is 0 Å². The third-order valence-corrected chi connectivity index (χ3v) is 5.72. The molecule has 168 valence electrons. The number of halogens is 1. The van der Waals surface area contributed by atoms with Gasteiger partial charge in [-0.25, -0.2) is 0 Å². The van der Waals surface area contributed by atoms with Gasteiger partial charge in [0.1, 0.15) is 0 Å². The third-order valence-electron chi connectivity index (χ3n) is 5.47. The SMILES string of the molecule is CN=C(NCCCNC(=O)c1occc1C)NC1CCN(Cc2ccc(Cl)cc2)CC1. The Morgan fingerprint density at radius 1 is 1.16 bits per heavy atom. The number of nitrogens with one attached hydrogen (secondary N) is 3. The first kappa shape index (κ1) is 23.2. The van der Waals surface area contributed by atoms with Crippen LogP contribution in [-0.2, 0) is 6.54 Å². The van der Waals surface area contributed by atoms with Crippen LogP contribution in [0.3, 0.4) is 0 Å². The lowest BCUT2D eigenvalue weighted by Gasteiger charge is -2.33. The van der Waals surface area contributed by atoms with E-state index in [4.69, 9.17) is 16.0 Å². The summed E-state index contributed by atoms with van der Waals surface area (Å²) in [6, 6.07) is 10.3. The lowest BCUT2D eigenvalue weighted by molar-refractivity contribution is 0.0925. The molecule has 8 heteroatoms. The Morgan fingerprint density at radius 2 is 1.87 bits per heavy atom. The highest BCUT2D eigenvalue weighted by Gasteiger charge is 2.20. The number of guanidine groups is 1. The van der Waals surface area contributed by atoms with E-state index in [9.17, 15) is 4.79 Å². The molecule has 1 aromatic heterocycles. The average molecular weight is 446 g/mol. The van der Waals surface area contributed by atoms with Gasteiger partial charge in [0, 0.05) is 56.4 Å². The molecule has 0 saturated carbocycles. The summed E-state index contributed by atoms with van der Waals surface area (Å²) in [5.74, 6) is 1.02. The highest BCUT2D eigenvalue weighted by molar-refractivity contribution is 6.30. The van der Waals surface area contributed by atoms with Crippen molar-refractivity contribution in [2.45, 2.75) is 38.8 Å². The van der Waals surface area contributed by atoms with E-state index in [1.165, 1.54) is 11.8 Å². The van der Waals surface area contributed by atoms with Gasteiger partial charge in [-0.15, -0.1) is 0 Å². The fourth-order valence-electron chi connectivity index (χ4n) is 3.65. The normalized spacial score (nSPS) is 15.6. The summed E-state index contributed by atoms with van der Waals surface area (Å²) >= 11 is 5.97. The molecule has 0 atom stereocenters. The van der Waals surface area contributed by atoms with Crippen LogP contribution in [0.2, 0.25) is 5.02 Å². The standard InChI is InChI=1S/C23H32ClN5O2/c1-17-10-15-31-21(17)22(30)26-11-3-12-27-23(25-2)28-20-8-13-29(14-9-20)16-18-4-6-19(24)7-5-18/h4-7,10,15,20H,3,8-9,11-14,16H2,1-2H3,(H,26,30)(H2,25,27,28). The number of benzene rings is 1. The van der Waals surface area contributed by atoms with Crippen LogP contribution in [0.5, 0.6) is 0 Å². The number of hydrogen-bond donors (Lipinski definition) is 3. The fourth-order valence-corrected chi connectivity index (χ4v) is 3.78. The zero-order chi connectivity index (χ0) is 22.1. The summed E-state index contributed by atoms with van der Waals surface area (Å²) in [4.78, 5) is 18.8. The Balaban J connectivity index is 1.30. The van der Waals surface area contributed by atoms with Crippen LogP contribution in [0.15, 0.2) is 46.0 Å². The van der Waals surface area contributed by atoms with E-state index in [1.54, 1.807) is 13.1 Å². The Hall–Kier alpha value is -2.51. The number of carbonyl (C=O) groups excluding carboxylic acids is 1. The van der Waals surface area contributed by atoms with E-state index in [-0.39, 0.29) is 5.91 Å². The smallest absolute Gasteiger partial charge is 0.287 e. The van der Waals surface area contributed by atoms with Crippen molar-refractivity contribution >= 4 is 23.5 Å². The molecular formula is C23H32ClN5O2. The number of piperidine rings is 1. The van der Waals surface area contributed by atoms with Gasteiger partial charge in [0.25, 0.3) is 5.91 Å². The first-order valence-electron chi connectivity index (χ1n) is 10.8. The second-order valence-corrected chi connectivity index (χ2v) is 8.30. The first-order chi connectivity index (χ1) is 15.0. The molecule has 31 heavy (non-hydrogen) atoms. The van der Waals surface area contributed by atoms with E-state index in [2.05, 4.69) is 38.0 Å². The van der Waals surface area contributed by atoms with Crippen molar-refractivity contribution in [1.82, 2.24) is 20.9 Å². The minimum Gasteiger partial charge on any atom is -0.459 e. The molecule has 0 bridgehead atoms. The van der Waals surface area contributed by atoms with Gasteiger partial charge in [-0.2, -0.15) is 0 Å². The maximum atomic E-state index is 12.0. The zero-order valence-corrected chi connectivity index (χ0v) is 19.0. The minimum atomic E-state index is -0.171. The Bertz CT molecular complexity index is 857. The van der Waals surface area contributed by atoms with Gasteiger partial charge in [-0.3, -0.25) is 14.7 Å². The molecular weight excluding hydrogens is 414 g/mol. The number of likely N-dealkylation sites (tertiary alicyclic amines) is 1. The molecule has 2 heterocycles. The Kier molecular flexibility index (Phi) is 8.79. The van der Waals surface area contributed by atoms with Crippen molar-refractivity contribution < 1.29 is 9.21 Å². The molecule has 0 unspecified atom stereocenters. The molecule has 3 rings (SSSR count). The molecule has 7 nitrogen and oxygen atoms in total. The predicted molar refractivity (Wildman–Crippen MR) is 125 cm³/mol. The summed E-state index contributed by atoms with van der Waals surface area (Å²) < 4.78 is 5.20. The van der Waals surface area contributed by atoms with Crippen molar-refractivity contribution in [3.63, 3.8) is 0 Å². The monoisotopic (exact) mass is 445 g/mol. The van der Waals surface area contributed by atoms with Crippen LogP contribution in [0.25, 0.3) is 0 Å². The molecule has 0 aliphatic carbocycles.